The van der Waals surface area contributed by atoms with Crippen LogP contribution >= 0.6 is 24.0 Å². The van der Waals surface area contributed by atoms with Crippen molar-refractivity contribution in [2.24, 2.45) is 16.8 Å². The second-order valence-corrected chi connectivity index (χ2v) is 10.4. The normalized spacial score (nSPS) is 20.5. The molecule has 1 heterocycles. The summed E-state index contributed by atoms with van der Waals surface area (Å²) in [5, 5.41) is 6.67. The molecule has 0 aromatic heterocycles. The van der Waals surface area contributed by atoms with E-state index in [2.05, 4.69) is 36.3 Å². The molecule has 1 aromatic rings. The molecule has 0 bridgehead atoms. The van der Waals surface area contributed by atoms with E-state index in [1.54, 1.807) is 12.1 Å². The molecular formula is C22H39IN4O2S. The zero-order valence-electron chi connectivity index (χ0n) is 18.9. The van der Waals surface area contributed by atoms with E-state index >= 15 is 0 Å². The van der Waals surface area contributed by atoms with Crippen molar-refractivity contribution >= 4 is 39.8 Å². The quantitative estimate of drug-likeness (QED) is 0.214. The first-order chi connectivity index (χ1) is 13.8. The van der Waals surface area contributed by atoms with Gasteiger partial charge >= 0.3 is 0 Å². The summed E-state index contributed by atoms with van der Waals surface area (Å²) in [6, 6.07) is 7.10. The summed E-state index contributed by atoms with van der Waals surface area (Å²) in [4.78, 5) is 7.64. The highest BCUT2D eigenvalue weighted by Crippen LogP contribution is 2.20. The first-order valence-corrected chi connectivity index (χ1v) is 12.7. The zero-order valence-corrected chi connectivity index (χ0v) is 22.0. The molecule has 0 radical (unpaired) electrons. The molecule has 2 N–H and O–H groups in total. The Labute approximate surface area is 200 Å². The van der Waals surface area contributed by atoms with E-state index in [1.165, 1.54) is 25.8 Å². The molecule has 2 rings (SSSR count). The van der Waals surface area contributed by atoms with Crippen molar-refractivity contribution in [2.75, 3.05) is 45.5 Å². The monoisotopic (exact) mass is 550 g/mol. The average Bonchev–Trinajstić information content (AvgIpc) is 2.64. The van der Waals surface area contributed by atoms with Crippen molar-refractivity contribution in [3.63, 3.8) is 0 Å². The Balaban J connectivity index is 0.00000450. The molecule has 30 heavy (non-hydrogen) atoms. The lowest BCUT2D eigenvalue weighted by atomic mass is 9.92. The van der Waals surface area contributed by atoms with Gasteiger partial charge in [-0.3, -0.25) is 4.99 Å². The molecule has 1 aliphatic rings. The third-order valence-electron chi connectivity index (χ3n) is 5.25. The van der Waals surface area contributed by atoms with Crippen LogP contribution in [0.1, 0.15) is 39.2 Å². The lowest BCUT2D eigenvalue weighted by Gasteiger charge is -2.34. The highest BCUT2D eigenvalue weighted by molar-refractivity contribution is 14.0. The van der Waals surface area contributed by atoms with Crippen LogP contribution in [-0.4, -0.2) is 64.8 Å². The van der Waals surface area contributed by atoms with Crippen molar-refractivity contribution in [2.45, 2.75) is 44.9 Å². The topological polar surface area (TPSA) is 73.8 Å². The van der Waals surface area contributed by atoms with Crippen molar-refractivity contribution in [3.05, 3.63) is 29.8 Å². The predicted octanol–water partition coefficient (Wildman–Crippen LogP) is 3.17. The highest BCUT2D eigenvalue weighted by Gasteiger charge is 2.20. The molecule has 8 heteroatoms. The summed E-state index contributed by atoms with van der Waals surface area (Å²) in [6.07, 6.45) is 4.47. The predicted molar refractivity (Wildman–Crippen MR) is 137 cm³/mol. The van der Waals surface area contributed by atoms with Crippen molar-refractivity contribution < 1.29 is 8.42 Å². The number of nitrogens with one attached hydrogen (secondary N) is 2. The Bertz CT molecular complexity index is 743. The van der Waals surface area contributed by atoms with Crippen LogP contribution in [-0.2, 0) is 16.3 Å². The number of likely N-dealkylation sites (tertiary alicyclic amines) is 1. The van der Waals surface area contributed by atoms with Gasteiger partial charge < -0.3 is 15.5 Å². The Hall–Kier alpha value is -0.870. The van der Waals surface area contributed by atoms with Gasteiger partial charge in [-0.1, -0.05) is 26.0 Å². The number of hydrogen-bond acceptors (Lipinski definition) is 4. The van der Waals surface area contributed by atoms with Gasteiger partial charge in [0.05, 0.1) is 4.90 Å². The van der Waals surface area contributed by atoms with Gasteiger partial charge in [-0.2, -0.15) is 0 Å². The van der Waals surface area contributed by atoms with Gasteiger partial charge in [0.1, 0.15) is 0 Å². The number of sulfone groups is 1. The lowest BCUT2D eigenvalue weighted by molar-refractivity contribution is 0.140. The molecule has 1 fully saturated rings. The molecule has 1 aliphatic heterocycles. The smallest absolute Gasteiger partial charge is 0.191 e. The second kappa shape index (κ2) is 13.5. The van der Waals surface area contributed by atoms with Crippen LogP contribution in [0.15, 0.2) is 34.2 Å². The maximum atomic E-state index is 11.5. The number of hydrogen-bond donors (Lipinski definition) is 2. The van der Waals surface area contributed by atoms with Gasteiger partial charge in [0, 0.05) is 39.0 Å². The Kier molecular flexibility index (Phi) is 12.2. The number of benzene rings is 1. The van der Waals surface area contributed by atoms with E-state index < -0.39 is 9.84 Å². The van der Waals surface area contributed by atoms with Crippen LogP contribution < -0.4 is 10.6 Å². The molecule has 0 amide bonds. The van der Waals surface area contributed by atoms with Gasteiger partial charge in [-0.05, 0) is 62.3 Å². The molecule has 172 valence electrons. The third kappa shape index (κ3) is 9.96. The summed E-state index contributed by atoms with van der Waals surface area (Å²) < 4.78 is 23.1. The van der Waals surface area contributed by atoms with Crippen LogP contribution in [0, 0.1) is 11.8 Å². The minimum absolute atomic E-state index is 0. The summed E-state index contributed by atoms with van der Waals surface area (Å²) in [5.74, 6) is 2.45. The maximum absolute atomic E-state index is 11.5. The Morgan fingerprint density at radius 2 is 1.77 bits per heavy atom. The van der Waals surface area contributed by atoms with Gasteiger partial charge in [0.15, 0.2) is 15.8 Å². The minimum atomic E-state index is -3.14. The fourth-order valence-electron chi connectivity index (χ4n) is 4.03. The third-order valence-corrected chi connectivity index (χ3v) is 6.38. The molecule has 1 aromatic carbocycles. The highest BCUT2D eigenvalue weighted by atomic mass is 127. The second-order valence-electron chi connectivity index (χ2n) is 8.41. The molecule has 0 spiro atoms. The summed E-state index contributed by atoms with van der Waals surface area (Å²) >= 11 is 0. The fraction of sp³-hybridized carbons (Fsp3) is 0.682. The summed E-state index contributed by atoms with van der Waals surface area (Å²) in [7, 11) is -3.14. The SMILES string of the molecule is CCNC(=NCCCN1CC(C)CC(C)C1)NCCc1ccc(S(C)(=O)=O)cc1.I. The molecule has 0 saturated carbocycles. The molecule has 2 atom stereocenters. The van der Waals surface area contributed by atoms with E-state index in [4.69, 9.17) is 4.99 Å². The van der Waals surface area contributed by atoms with Crippen molar-refractivity contribution in [3.8, 4) is 0 Å². The van der Waals surface area contributed by atoms with Gasteiger partial charge in [-0.25, -0.2) is 8.42 Å². The van der Waals surface area contributed by atoms with Gasteiger partial charge in [-0.15, -0.1) is 24.0 Å². The number of guanidine groups is 1. The number of rotatable bonds is 9. The van der Waals surface area contributed by atoms with E-state index in [1.807, 2.05) is 12.1 Å². The van der Waals surface area contributed by atoms with Crippen LogP contribution in [0.25, 0.3) is 0 Å². The van der Waals surface area contributed by atoms with Gasteiger partial charge in [0.25, 0.3) is 0 Å². The van der Waals surface area contributed by atoms with Crippen LogP contribution in [0.3, 0.4) is 0 Å². The standard InChI is InChI=1S/C22H38N4O2S.HI/c1-5-23-22(24-12-6-14-26-16-18(2)15-19(3)17-26)25-13-11-20-7-9-21(10-8-20)29(4,27)28;/h7-10,18-19H,5-6,11-17H2,1-4H3,(H2,23,24,25);1H. The average molecular weight is 551 g/mol. The van der Waals surface area contributed by atoms with E-state index in [-0.39, 0.29) is 24.0 Å². The van der Waals surface area contributed by atoms with Gasteiger partial charge in [0.2, 0.25) is 0 Å². The Morgan fingerprint density at radius 1 is 1.13 bits per heavy atom. The molecular weight excluding hydrogens is 511 g/mol. The molecule has 0 aliphatic carbocycles. The zero-order chi connectivity index (χ0) is 21.3. The summed E-state index contributed by atoms with van der Waals surface area (Å²) in [5.41, 5.74) is 1.11. The molecule has 2 unspecified atom stereocenters. The van der Waals surface area contributed by atoms with E-state index in [0.717, 1.165) is 62.4 Å². The first kappa shape index (κ1) is 27.2. The number of piperidine rings is 1. The summed E-state index contributed by atoms with van der Waals surface area (Å²) in [6.45, 7) is 12.7. The van der Waals surface area contributed by atoms with Crippen LogP contribution in [0.2, 0.25) is 0 Å². The van der Waals surface area contributed by atoms with Crippen LogP contribution in [0.4, 0.5) is 0 Å². The molecule has 1 saturated heterocycles. The van der Waals surface area contributed by atoms with Crippen molar-refractivity contribution in [1.82, 2.24) is 15.5 Å². The van der Waals surface area contributed by atoms with Crippen molar-refractivity contribution in [1.29, 1.82) is 0 Å². The van der Waals surface area contributed by atoms with Crippen LogP contribution in [0.5, 0.6) is 0 Å². The van der Waals surface area contributed by atoms with E-state index in [9.17, 15) is 8.42 Å². The minimum Gasteiger partial charge on any atom is -0.357 e. The number of halogens is 1. The largest absolute Gasteiger partial charge is 0.357 e. The fourth-order valence-corrected chi connectivity index (χ4v) is 4.66. The molecule has 6 nitrogen and oxygen atoms in total. The number of nitrogens with zero attached hydrogens (tertiary/aromatic N) is 2. The maximum Gasteiger partial charge on any atom is 0.191 e. The lowest BCUT2D eigenvalue weighted by Crippen LogP contribution is -2.40. The van der Waals surface area contributed by atoms with E-state index in [0.29, 0.717) is 4.90 Å². The Morgan fingerprint density at radius 3 is 2.33 bits per heavy atom. The first-order valence-electron chi connectivity index (χ1n) is 10.8. The number of aliphatic imine (C=N–C) groups is 1.